The monoisotopic (exact) mass is 261 g/mol. The lowest BCUT2D eigenvalue weighted by molar-refractivity contribution is 0.397. The smallest absolute Gasteiger partial charge is 0.0813 e. The zero-order valence-electron chi connectivity index (χ0n) is 10.9. The summed E-state index contributed by atoms with van der Waals surface area (Å²) in [6.45, 7) is 6.70. The Bertz CT molecular complexity index is 537. The highest BCUT2D eigenvalue weighted by Gasteiger charge is 2.24. The molecule has 0 amide bonds. The summed E-state index contributed by atoms with van der Waals surface area (Å²) in [5, 5.41) is 3.60. The molecule has 0 bridgehead atoms. The minimum absolute atomic E-state index is 0.554. The van der Waals surface area contributed by atoms with E-state index in [-0.39, 0.29) is 0 Å². The second-order valence-electron chi connectivity index (χ2n) is 5.02. The van der Waals surface area contributed by atoms with Crippen LogP contribution in [0, 0.1) is 0 Å². The fraction of sp³-hybridized carbons (Fsp3) is 0.500. The third-order valence-electron chi connectivity index (χ3n) is 3.79. The molecule has 0 aliphatic carbocycles. The van der Waals surface area contributed by atoms with Crippen LogP contribution in [-0.4, -0.2) is 30.2 Å². The van der Waals surface area contributed by atoms with E-state index in [4.69, 9.17) is 0 Å². The maximum absolute atomic E-state index is 4.34. The second kappa shape index (κ2) is 4.86. The normalized spacial score (nSPS) is 24.7. The summed E-state index contributed by atoms with van der Waals surface area (Å²) >= 11 is 1.72. The van der Waals surface area contributed by atoms with Crippen LogP contribution in [0.25, 0.3) is 10.2 Å². The van der Waals surface area contributed by atoms with E-state index in [1.807, 2.05) is 5.51 Å². The van der Waals surface area contributed by atoms with Crippen LogP contribution in [0.3, 0.4) is 0 Å². The molecule has 2 atom stereocenters. The number of nitrogens with one attached hydrogen (secondary N) is 1. The summed E-state index contributed by atoms with van der Waals surface area (Å²) in [6.07, 6.45) is 1.19. The van der Waals surface area contributed by atoms with E-state index >= 15 is 0 Å². The lowest BCUT2D eigenvalue weighted by Gasteiger charge is -2.40. The third kappa shape index (κ3) is 2.10. The summed E-state index contributed by atoms with van der Waals surface area (Å²) in [5.74, 6) is 0. The van der Waals surface area contributed by atoms with Crippen LogP contribution < -0.4 is 10.2 Å². The molecule has 1 aromatic heterocycles. The molecule has 1 aliphatic rings. The first-order valence-corrected chi connectivity index (χ1v) is 7.49. The van der Waals surface area contributed by atoms with Crippen molar-refractivity contribution in [3.8, 4) is 0 Å². The van der Waals surface area contributed by atoms with Gasteiger partial charge >= 0.3 is 0 Å². The van der Waals surface area contributed by atoms with E-state index < -0.39 is 0 Å². The van der Waals surface area contributed by atoms with Crippen LogP contribution >= 0.6 is 11.3 Å². The Morgan fingerprint density at radius 3 is 3.22 bits per heavy atom. The molecule has 2 aromatic rings. The minimum Gasteiger partial charge on any atom is -0.366 e. The quantitative estimate of drug-likeness (QED) is 0.901. The third-order valence-corrected chi connectivity index (χ3v) is 4.58. The van der Waals surface area contributed by atoms with Crippen molar-refractivity contribution in [1.29, 1.82) is 0 Å². The number of aromatic nitrogens is 1. The molecule has 1 aliphatic heterocycles. The molecule has 0 saturated carbocycles. The van der Waals surface area contributed by atoms with Gasteiger partial charge in [-0.1, -0.05) is 6.92 Å². The summed E-state index contributed by atoms with van der Waals surface area (Å²) in [6, 6.07) is 7.78. The summed E-state index contributed by atoms with van der Waals surface area (Å²) in [5.41, 5.74) is 4.36. The first-order chi connectivity index (χ1) is 8.78. The molecule has 18 heavy (non-hydrogen) atoms. The van der Waals surface area contributed by atoms with Crippen molar-refractivity contribution in [2.24, 2.45) is 0 Å². The Morgan fingerprint density at radius 2 is 2.39 bits per heavy atom. The van der Waals surface area contributed by atoms with Crippen LogP contribution in [0.1, 0.15) is 20.3 Å². The number of rotatable bonds is 2. The van der Waals surface area contributed by atoms with E-state index in [0.717, 1.165) is 18.6 Å². The molecule has 3 nitrogen and oxygen atoms in total. The summed E-state index contributed by atoms with van der Waals surface area (Å²) in [7, 11) is 0. The average molecular weight is 261 g/mol. The van der Waals surface area contributed by atoms with Gasteiger partial charge in [-0.05, 0) is 31.5 Å². The molecular formula is C14H19N3S. The lowest BCUT2D eigenvalue weighted by Crippen LogP contribution is -2.55. The number of benzene rings is 1. The number of nitrogens with zero attached hydrogens (tertiary/aromatic N) is 2. The van der Waals surface area contributed by atoms with Crippen LogP contribution in [0.4, 0.5) is 5.69 Å². The highest BCUT2D eigenvalue weighted by atomic mass is 32.1. The lowest BCUT2D eigenvalue weighted by atomic mass is 10.1. The molecular weight excluding hydrogens is 242 g/mol. The largest absolute Gasteiger partial charge is 0.366 e. The van der Waals surface area contributed by atoms with Crippen LogP contribution in [0.2, 0.25) is 0 Å². The van der Waals surface area contributed by atoms with Crippen molar-refractivity contribution in [3.05, 3.63) is 23.7 Å². The van der Waals surface area contributed by atoms with Crippen molar-refractivity contribution < 1.29 is 0 Å². The summed E-state index contributed by atoms with van der Waals surface area (Å²) < 4.78 is 1.28. The van der Waals surface area contributed by atoms with Gasteiger partial charge in [-0.15, -0.1) is 11.3 Å². The van der Waals surface area contributed by atoms with Gasteiger partial charge in [0, 0.05) is 30.9 Å². The van der Waals surface area contributed by atoms with Gasteiger partial charge in [-0.25, -0.2) is 4.98 Å². The molecule has 1 fully saturated rings. The van der Waals surface area contributed by atoms with Crippen LogP contribution in [0.5, 0.6) is 0 Å². The van der Waals surface area contributed by atoms with Crippen LogP contribution in [0.15, 0.2) is 23.7 Å². The van der Waals surface area contributed by atoms with Crippen LogP contribution in [-0.2, 0) is 0 Å². The predicted molar refractivity (Wildman–Crippen MR) is 78.5 cm³/mol. The number of hydrogen-bond donors (Lipinski definition) is 1. The summed E-state index contributed by atoms with van der Waals surface area (Å²) in [4.78, 5) is 6.86. The van der Waals surface area contributed by atoms with Crippen molar-refractivity contribution >= 4 is 27.2 Å². The van der Waals surface area contributed by atoms with Crippen molar-refractivity contribution in [3.63, 3.8) is 0 Å². The maximum Gasteiger partial charge on any atom is 0.0813 e. The number of hydrogen-bond acceptors (Lipinski definition) is 4. The van der Waals surface area contributed by atoms with E-state index in [0.29, 0.717) is 12.1 Å². The predicted octanol–water partition coefficient (Wildman–Crippen LogP) is 2.87. The first kappa shape index (κ1) is 11.9. The zero-order chi connectivity index (χ0) is 12.5. The van der Waals surface area contributed by atoms with E-state index in [1.165, 1.54) is 16.8 Å². The Kier molecular flexibility index (Phi) is 3.22. The molecule has 1 aromatic carbocycles. The van der Waals surface area contributed by atoms with Crippen molar-refractivity contribution in [2.75, 3.05) is 18.0 Å². The number of fused-ring (bicyclic) bond motifs is 1. The first-order valence-electron chi connectivity index (χ1n) is 6.61. The molecule has 0 radical (unpaired) electrons. The van der Waals surface area contributed by atoms with Crippen molar-refractivity contribution in [1.82, 2.24) is 10.3 Å². The molecule has 2 unspecified atom stereocenters. The van der Waals surface area contributed by atoms with Gasteiger partial charge in [0.05, 0.1) is 15.7 Å². The zero-order valence-corrected chi connectivity index (χ0v) is 11.7. The molecule has 1 saturated heterocycles. The molecule has 0 spiro atoms. The maximum atomic E-state index is 4.34. The standard InChI is InChI=1S/C14H19N3S/c1-3-11-8-17(10(2)7-15-11)12-4-5-13-14(6-12)18-9-16-13/h4-6,9-11,15H,3,7-8H2,1-2H3. The van der Waals surface area contributed by atoms with Gasteiger partial charge in [0.2, 0.25) is 0 Å². The Labute approximate surface area is 112 Å². The highest BCUT2D eigenvalue weighted by Crippen LogP contribution is 2.27. The Hall–Kier alpha value is -1.13. The second-order valence-corrected chi connectivity index (χ2v) is 5.91. The van der Waals surface area contributed by atoms with Gasteiger partial charge < -0.3 is 10.2 Å². The highest BCUT2D eigenvalue weighted by molar-refractivity contribution is 7.16. The molecule has 96 valence electrons. The van der Waals surface area contributed by atoms with Gasteiger partial charge in [-0.3, -0.25) is 0 Å². The SMILES string of the molecule is CCC1CN(c2ccc3ncsc3c2)C(C)CN1. The van der Waals surface area contributed by atoms with E-state index in [1.54, 1.807) is 11.3 Å². The Balaban J connectivity index is 1.91. The van der Waals surface area contributed by atoms with Gasteiger partial charge in [0.1, 0.15) is 0 Å². The Morgan fingerprint density at radius 1 is 1.50 bits per heavy atom. The molecule has 4 heteroatoms. The fourth-order valence-electron chi connectivity index (χ4n) is 2.59. The molecule has 3 rings (SSSR count). The van der Waals surface area contributed by atoms with Gasteiger partial charge in [-0.2, -0.15) is 0 Å². The molecule has 1 N–H and O–H groups in total. The molecule has 2 heterocycles. The van der Waals surface area contributed by atoms with Crippen molar-refractivity contribution in [2.45, 2.75) is 32.4 Å². The number of anilines is 1. The fourth-order valence-corrected chi connectivity index (χ4v) is 3.30. The number of thiazole rings is 1. The minimum atomic E-state index is 0.554. The van der Waals surface area contributed by atoms with E-state index in [9.17, 15) is 0 Å². The van der Waals surface area contributed by atoms with E-state index in [2.05, 4.69) is 47.2 Å². The van der Waals surface area contributed by atoms with Gasteiger partial charge in [0.25, 0.3) is 0 Å². The topological polar surface area (TPSA) is 28.2 Å². The average Bonchev–Trinajstić information content (AvgIpc) is 2.86. The number of piperazine rings is 1. The van der Waals surface area contributed by atoms with Gasteiger partial charge in [0.15, 0.2) is 0 Å².